The maximum atomic E-state index is 11.7. The van der Waals surface area contributed by atoms with E-state index in [1.807, 2.05) is 0 Å². The van der Waals surface area contributed by atoms with Crippen LogP contribution in [0.25, 0.3) is 0 Å². The van der Waals surface area contributed by atoms with Crippen molar-refractivity contribution in [3.8, 4) is 0 Å². The first kappa shape index (κ1) is 14.0. The lowest BCUT2D eigenvalue weighted by atomic mass is 10.2. The van der Waals surface area contributed by atoms with Crippen LogP contribution in [-0.2, 0) is 4.79 Å². The molecule has 18 heavy (non-hydrogen) atoms. The molecule has 2 N–H and O–H groups in total. The summed E-state index contributed by atoms with van der Waals surface area (Å²) in [4.78, 5) is 27.5. The molecule has 1 aromatic heterocycles. The van der Waals surface area contributed by atoms with Crippen LogP contribution < -0.4 is 5.32 Å². The quantitative estimate of drug-likeness (QED) is 0.739. The molecule has 0 radical (unpaired) electrons. The van der Waals surface area contributed by atoms with Gasteiger partial charge in [-0.1, -0.05) is 0 Å². The molecule has 0 saturated heterocycles. The summed E-state index contributed by atoms with van der Waals surface area (Å²) in [7, 11) is 3.33. The van der Waals surface area contributed by atoms with Crippen molar-refractivity contribution in [3.05, 3.63) is 24.0 Å². The number of rotatable bonds is 6. The van der Waals surface area contributed by atoms with E-state index < -0.39 is 5.97 Å². The van der Waals surface area contributed by atoms with Crippen LogP contribution in [-0.4, -0.2) is 47.5 Å². The van der Waals surface area contributed by atoms with Crippen LogP contribution in [0.4, 0.5) is 5.69 Å². The number of aliphatic carboxylic acids is 1. The van der Waals surface area contributed by atoms with Crippen LogP contribution in [0.15, 0.2) is 18.3 Å². The second-order valence-corrected chi connectivity index (χ2v) is 4.05. The van der Waals surface area contributed by atoms with Gasteiger partial charge in [-0.2, -0.15) is 0 Å². The Morgan fingerprint density at radius 2 is 2.17 bits per heavy atom. The van der Waals surface area contributed by atoms with E-state index in [4.69, 9.17) is 5.11 Å². The zero-order valence-electron chi connectivity index (χ0n) is 10.5. The number of amides is 1. The van der Waals surface area contributed by atoms with Gasteiger partial charge in [0.15, 0.2) is 0 Å². The van der Waals surface area contributed by atoms with Crippen LogP contribution in [0.2, 0.25) is 0 Å². The van der Waals surface area contributed by atoms with Crippen LogP contribution >= 0.6 is 0 Å². The first-order valence-electron chi connectivity index (χ1n) is 5.64. The smallest absolute Gasteiger partial charge is 0.303 e. The molecule has 0 aliphatic heterocycles. The highest BCUT2D eigenvalue weighted by Gasteiger charge is 2.09. The number of nitrogens with zero attached hydrogens (tertiary/aromatic N) is 2. The zero-order valence-corrected chi connectivity index (χ0v) is 10.5. The molecular weight excluding hydrogens is 234 g/mol. The fraction of sp³-hybridized carbons (Fsp3) is 0.417. The molecule has 1 rings (SSSR count). The Bertz CT molecular complexity index is 432. The minimum absolute atomic E-state index is 0.127. The molecule has 0 aliphatic rings. The molecule has 1 heterocycles. The average molecular weight is 251 g/mol. The maximum absolute atomic E-state index is 11.7. The normalized spacial score (nSPS) is 9.89. The van der Waals surface area contributed by atoms with Gasteiger partial charge in [-0.15, -0.1) is 0 Å². The second kappa shape index (κ2) is 6.58. The van der Waals surface area contributed by atoms with Gasteiger partial charge < -0.3 is 15.3 Å². The van der Waals surface area contributed by atoms with Gasteiger partial charge in [0.25, 0.3) is 5.91 Å². The van der Waals surface area contributed by atoms with E-state index in [0.29, 0.717) is 18.7 Å². The van der Waals surface area contributed by atoms with Crippen molar-refractivity contribution in [3.63, 3.8) is 0 Å². The molecule has 98 valence electrons. The largest absolute Gasteiger partial charge is 0.481 e. The van der Waals surface area contributed by atoms with Crippen LogP contribution in [0.1, 0.15) is 23.3 Å². The van der Waals surface area contributed by atoms with Crippen molar-refractivity contribution < 1.29 is 14.7 Å². The fourth-order valence-corrected chi connectivity index (χ4v) is 1.36. The van der Waals surface area contributed by atoms with Crippen LogP contribution in [0, 0.1) is 0 Å². The molecule has 0 bridgehead atoms. The van der Waals surface area contributed by atoms with Gasteiger partial charge in [0.05, 0.1) is 0 Å². The Kier molecular flexibility index (Phi) is 5.10. The van der Waals surface area contributed by atoms with Crippen molar-refractivity contribution in [2.45, 2.75) is 12.8 Å². The van der Waals surface area contributed by atoms with Crippen molar-refractivity contribution in [2.75, 3.05) is 26.0 Å². The summed E-state index contributed by atoms with van der Waals surface area (Å²) in [5.74, 6) is -0.973. The topological polar surface area (TPSA) is 82.5 Å². The summed E-state index contributed by atoms with van der Waals surface area (Å²) in [6.45, 7) is 0.548. The standard InChI is InChI=1S/C12H17N3O3/c1-15(2)12(18)10-8-9(5-7-14-10)13-6-3-4-11(16)17/h5,7-8H,3-4,6H2,1-2H3,(H,13,14)(H,16,17). The van der Waals surface area contributed by atoms with Gasteiger partial charge in [-0.3, -0.25) is 14.6 Å². The predicted molar refractivity (Wildman–Crippen MR) is 67.6 cm³/mol. The van der Waals surface area contributed by atoms with Gasteiger partial charge in [0, 0.05) is 38.9 Å². The molecule has 1 amide bonds. The van der Waals surface area contributed by atoms with Crippen molar-refractivity contribution >= 4 is 17.6 Å². The zero-order chi connectivity index (χ0) is 13.5. The fourth-order valence-electron chi connectivity index (χ4n) is 1.36. The molecule has 6 heteroatoms. The molecule has 0 fully saturated rings. The van der Waals surface area contributed by atoms with E-state index in [1.54, 1.807) is 32.4 Å². The van der Waals surface area contributed by atoms with Crippen molar-refractivity contribution in [1.82, 2.24) is 9.88 Å². The Morgan fingerprint density at radius 3 is 2.78 bits per heavy atom. The highest BCUT2D eigenvalue weighted by atomic mass is 16.4. The molecule has 0 spiro atoms. The Labute approximate surface area is 106 Å². The molecule has 6 nitrogen and oxygen atoms in total. The summed E-state index contributed by atoms with van der Waals surface area (Å²) in [5.41, 5.74) is 1.13. The number of carbonyl (C=O) groups excluding carboxylic acids is 1. The molecule has 0 unspecified atom stereocenters. The Morgan fingerprint density at radius 1 is 1.44 bits per heavy atom. The number of hydrogen-bond donors (Lipinski definition) is 2. The number of carbonyl (C=O) groups is 2. The number of anilines is 1. The lowest BCUT2D eigenvalue weighted by Gasteiger charge is -2.11. The van der Waals surface area contributed by atoms with E-state index in [2.05, 4.69) is 10.3 Å². The highest BCUT2D eigenvalue weighted by molar-refractivity contribution is 5.92. The Hall–Kier alpha value is -2.11. The van der Waals surface area contributed by atoms with Gasteiger partial charge in [-0.25, -0.2) is 0 Å². The van der Waals surface area contributed by atoms with Gasteiger partial charge >= 0.3 is 5.97 Å². The number of carboxylic acid groups (broad SMARTS) is 1. The van der Waals surface area contributed by atoms with Crippen LogP contribution in [0.5, 0.6) is 0 Å². The van der Waals surface area contributed by atoms with Gasteiger partial charge in [0.1, 0.15) is 5.69 Å². The third-order valence-corrected chi connectivity index (χ3v) is 2.28. The number of hydrogen-bond acceptors (Lipinski definition) is 4. The first-order chi connectivity index (χ1) is 8.50. The lowest BCUT2D eigenvalue weighted by molar-refractivity contribution is -0.137. The van der Waals surface area contributed by atoms with E-state index in [9.17, 15) is 9.59 Å². The van der Waals surface area contributed by atoms with Gasteiger partial charge in [-0.05, 0) is 18.6 Å². The number of aromatic nitrogens is 1. The van der Waals surface area contributed by atoms with E-state index in [-0.39, 0.29) is 12.3 Å². The number of nitrogens with one attached hydrogen (secondary N) is 1. The minimum Gasteiger partial charge on any atom is -0.481 e. The lowest BCUT2D eigenvalue weighted by Crippen LogP contribution is -2.22. The van der Waals surface area contributed by atoms with E-state index in [0.717, 1.165) is 5.69 Å². The molecular formula is C12H17N3O3. The van der Waals surface area contributed by atoms with Crippen LogP contribution in [0.3, 0.4) is 0 Å². The Balaban J connectivity index is 2.54. The molecule has 1 aromatic rings. The van der Waals surface area contributed by atoms with E-state index in [1.165, 1.54) is 4.90 Å². The summed E-state index contributed by atoms with van der Waals surface area (Å²) in [5, 5.41) is 11.6. The summed E-state index contributed by atoms with van der Waals surface area (Å²) >= 11 is 0. The number of pyridine rings is 1. The summed E-state index contributed by atoms with van der Waals surface area (Å²) < 4.78 is 0. The minimum atomic E-state index is -0.810. The van der Waals surface area contributed by atoms with Crippen molar-refractivity contribution in [1.29, 1.82) is 0 Å². The summed E-state index contributed by atoms with van der Waals surface area (Å²) in [6.07, 6.45) is 2.21. The summed E-state index contributed by atoms with van der Waals surface area (Å²) in [6, 6.07) is 3.40. The third-order valence-electron chi connectivity index (χ3n) is 2.28. The third kappa shape index (κ3) is 4.40. The van der Waals surface area contributed by atoms with Gasteiger partial charge in [0.2, 0.25) is 0 Å². The molecule has 0 aromatic carbocycles. The maximum Gasteiger partial charge on any atom is 0.303 e. The second-order valence-electron chi connectivity index (χ2n) is 4.05. The van der Waals surface area contributed by atoms with Crippen molar-refractivity contribution in [2.24, 2.45) is 0 Å². The SMILES string of the molecule is CN(C)C(=O)c1cc(NCCCC(=O)O)ccn1. The average Bonchev–Trinajstić information content (AvgIpc) is 2.33. The molecule has 0 aliphatic carbocycles. The number of carboxylic acids is 1. The predicted octanol–water partition coefficient (Wildman–Crippen LogP) is 1.06. The monoisotopic (exact) mass is 251 g/mol. The van der Waals surface area contributed by atoms with E-state index >= 15 is 0 Å². The first-order valence-corrected chi connectivity index (χ1v) is 5.64. The molecule has 0 atom stereocenters. The molecule has 0 saturated carbocycles. The highest BCUT2D eigenvalue weighted by Crippen LogP contribution is 2.09.